The number of thiazole rings is 1. The first-order valence-corrected chi connectivity index (χ1v) is 10.7. The Hall–Kier alpha value is -2.99. The Kier molecular flexibility index (Phi) is 4.64. The number of benzene rings is 2. The molecule has 2 heterocycles. The number of carbonyl (C=O) groups excluding carboxylic acids is 1. The van der Waals surface area contributed by atoms with E-state index in [9.17, 15) is 9.59 Å². The van der Waals surface area contributed by atoms with Crippen LogP contribution in [0.15, 0.2) is 53.3 Å². The highest BCUT2D eigenvalue weighted by Gasteiger charge is 2.19. The van der Waals surface area contributed by atoms with E-state index in [1.807, 2.05) is 42.5 Å². The summed E-state index contributed by atoms with van der Waals surface area (Å²) in [5, 5.41) is 2.15. The van der Waals surface area contributed by atoms with Gasteiger partial charge in [-0.3, -0.25) is 14.0 Å². The average Bonchev–Trinajstić information content (AvgIpc) is 3.11. The Morgan fingerprint density at radius 2 is 1.93 bits per heavy atom. The van der Waals surface area contributed by atoms with Crippen LogP contribution in [0.5, 0.6) is 0 Å². The first kappa shape index (κ1) is 18.1. The van der Waals surface area contributed by atoms with Gasteiger partial charge in [-0.25, -0.2) is 4.98 Å². The summed E-state index contributed by atoms with van der Waals surface area (Å²) >= 11 is 1.58. The predicted molar refractivity (Wildman–Crippen MR) is 113 cm³/mol. The third-order valence-electron chi connectivity index (χ3n) is 5.41. The van der Waals surface area contributed by atoms with Gasteiger partial charge < -0.3 is 4.74 Å². The number of rotatable bonds is 4. The molecule has 2 aromatic carbocycles. The lowest BCUT2D eigenvalue weighted by atomic mass is 10.0. The molecule has 2 aromatic heterocycles. The maximum Gasteiger partial charge on any atom is 0.310 e. The number of carbonyl (C=O) groups is 1. The number of ether oxygens (including phenoxy) is 1. The fourth-order valence-corrected chi connectivity index (χ4v) is 5.26. The van der Waals surface area contributed by atoms with Gasteiger partial charge >= 0.3 is 5.97 Å². The molecule has 1 aliphatic carbocycles. The molecular formula is C23H20N2O3S. The van der Waals surface area contributed by atoms with E-state index < -0.39 is 0 Å². The fraction of sp³-hybridized carbons (Fsp3) is 0.261. The molecule has 5 nitrogen and oxygen atoms in total. The lowest BCUT2D eigenvalue weighted by Gasteiger charge is -2.10. The number of esters is 1. The van der Waals surface area contributed by atoms with Crippen LogP contribution in [0.25, 0.3) is 15.7 Å². The van der Waals surface area contributed by atoms with Gasteiger partial charge in [-0.05, 0) is 42.0 Å². The van der Waals surface area contributed by atoms with Gasteiger partial charge in [-0.15, -0.1) is 11.3 Å². The number of aryl methyl sites for hydroxylation is 2. The minimum absolute atomic E-state index is 0.0118. The van der Waals surface area contributed by atoms with E-state index in [0.717, 1.165) is 47.7 Å². The highest BCUT2D eigenvalue weighted by atomic mass is 32.1. The maximum atomic E-state index is 12.6. The van der Waals surface area contributed by atoms with E-state index in [2.05, 4.69) is 4.98 Å². The zero-order valence-electron chi connectivity index (χ0n) is 15.9. The predicted octanol–water partition coefficient (Wildman–Crippen LogP) is 4.07. The van der Waals surface area contributed by atoms with Gasteiger partial charge in [-0.1, -0.05) is 42.5 Å². The number of hydrogen-bond acceptors (Lipinski definition) is 5. The molecular weight excluding hydrogens is 384 g/mol. The van der Waals surface area contributed by atoms with E-state index in [4.69, 9.17) is 4.74 Å². The molecule has 0 amide bonds. The van der Waals surface area contributed by atoms with Crippen molar-refractivity contribution in [2.45, 2.75) is 38.7 Å². The summed E-state index contributed by atoms with van der Waals surface area (Å²) < 4.78 is 7.16. The average molecular weight is 404 g/mol. The van der Waals surface area contributed by atoms with Crippen molar-refractivity contribution >= 4 is 33.0 Å². The molecule has 0 spiro atoms. The Labute approximate surface area is 171 Å². The molecule has 0 saturated carbocycles. The molecule has 0 radical (unpaired) electrons. The summed E-state index contributed by atoms with van der Waals surface area (Å²) in [4.78, 5) is 31.5. The molecule has 0 bridgehead atoms. The van der Waals surface area contributed by atoms with E-state index in [-0.39, 0.29) is 24.6 Å². The largest absolute Gasteiger partial charge is 0.459 e. The summed E-state index contributed by atoms with van der Waals surface area (Å²) in [7, 11) is 0. The van der Waals surface area contributed by atoms with Crippen molar-refractivity contribution in [1.29, 1.82) is 0 Å². The molecule has 5 rings (SSSR count). The Morgan fingerprint density at radius 3 is 2.86 bits per heavy atom. The van der Waals surface area contributed by atoms with Crippen LogP contribution in [0.3, 0.4) is 0 Å². The molecule has 1 aliphatic rings. The highest BCUT2D eigenvalue weighted by Crippen LogP contribution is 2.28. The first-order chi connectivity index (χ1) is 14.2. The van der Waals surface area contributed by atoms with Gasteiger partial charge in [0.15, 0.2) is 4.96 Å². The van der Waals surface area contributed by atoms with Crippen LogP contribution in [-0.2, 0) is 35.4 Å². The Balaban J connectivity index is 1.34. The van der Waals surface area contributed by atoms with Crippen molar-refractivity contribution in [3.63, 3.8) is 0 Å². The van der Waals surface area contributed by atoms with Crippen molar-refractivity contribution < 1.29 is 9.53 Å². The first-order valence-electron chi connectivity index (χ1n) is 9.84. The summed E-state index contributed by atoms with van der Waals surface area (Å²) in [6, 6.07) is 15.4. The molecule has 6 heteroatoms. The van der Waals surface area contributed by atoms with Crippen LogP contribution in [0.1, 0.15) is 34.7 Å². The molecule has 0 fully saturated rings. The van der Waals surface area contributed by atoms with Gasteiger partial charge in [0, 0.05) is 16.6 Å². The van der Waals surface area contributed by atoms with Gasteiger partial charge in [0.2, 0.25) is 0 Å². The molecule has 146 valence electrons. The second-order valence-corrected chi connectivity index (χ2v) is 8.42. The number of fused-ring (bicyclic) bond motifs is 4. The molecule has 0 atom stereocenters. The minimum Gasteiger partial charge on any atom is -0.459 e. The molecule has 4 aromatic rings. The zero-order valence-corrected chi connectivity index (χ0v) is 16.7. The summed E-state index contributed by atoms with van der Waals surface area (Å²) in [6.07, 6.45) is 4.40. The van der Waals surface area contributed by atoms with Gasteiger partial charge in [-0.2, -0.15) is 0 Å². The van der Waals surface area contributed by atoms with E-state index in [1.165, 1.54) is 10.9 Å². The quantitative estimate of drug-likeness (QED) is 0.481. The molecule has 0 N–H and O–H groups in total. The summed E-state index contributed by atoms with van der Waals surface area (Å²) in [5.41, 5.74) is 2.45. The monoisotopic (exact) mass is 404 g/mol. The third-order valence-corrected chi connectivity index (χ3v) is 6.55. The SMILES string of the molecule is O=C(Cc1cccc2ccccc12)OCc1cc(=O)n2c3c(sc2n1)CCCC3. The standard InChI is InChI=1S/C23H20N2O3S/c26-21-13-17(24-23-25(21)19-10-3-4-11-20(19)29-23)14-28-22(27)12-16-8-5-7-15-6-1-2-9-18(15)16/h1-2,5-9,13H,3-4,10-12,14H2. The normalized spacial score (nSPS) is 13.5. The maximum absolute atomic E-state index is 12.6. The molecule has 0 aliphatic heterocycles. The molecule has 0 unspecified atom stereocenters. The van der Waals surface area contributed by atoms with Crippen molar-refractivity contribution in [3.05, 3.63) is 80.7 Å². The number of aromatic nitrogens is 2. The number of nitrogens with zero attached hydrogens (tertiary/aromatic N) is 2. The van der Waals surface area contributed by atoms with Gasteiger partial charge in [0.05, 0.1) is 12.1 Å². The van der Waals surface area contributed by atoms with Crippen molar-refractivity contribution in [2.75, 3.05) is 0 Å². The van der Waals surface area contributed by atoms with Crippen LogP contribution in [-0.4, -0.2) is 15.4 Å². The smallest absolute Gasteiger partial charge is 0.310 e. The van der Waals surface area contributed by atoms with Crippen LogP contribution in [0.4, 0.5) is 0 Å². The fourth-order valence-electron chi connectivity index (χ4n) is 4.02. The second-order valence-electron chi connectivity index (χ2n) is 7.36. The summed E-state index contributed by atoms with van der Waals surface area (Å²) in [5.74, 6) is -0.325. The van der Waals surface area contributed by atoms with E-state index >= 15 is 0 Å². The van der Waals surface area contributed by atoms with E-state index in [0.29, 0.717) is 10.7 Å². The second kappa shape index (κ2) is 7.44. The summed E-state index contributed by atoms with van der Waals surface area (Å²) in [6.45, 7) is 0.0118. The van der Waals surface area contributed by atoms with Crippen molar-refractivity contribution in [3.8, 4) is 0 Å². The van der Waals surface area contributed by atoms with Crippen LogP contribution in [0.2, 0.25) is 0 Å². The zero-order chi connectivity index (χ0) is 19.8. The Bertz CT molecular complexity index is 1280. The van der Waals surface area contributed by atoms with Gasteiger partial charge in [0.1, 0.15) is 6.61 Å². The van der Waals surface area contributed by atoms with Crippen molar-refractivity contribution in [1.82, 2.24) is 9.38 Å². The van der Waals surface area contributed by atoms with E-state index in [1.54, 1.807) is 15.7 Å². The van der Waals surface area contributed by atoms with Crippen LogP contribution < -0.4 is 5.56 Å². The third kappa shape index (κ3) is 3.44. The topological polar surface area (TPSA) is 60.7 Å². The Morgan fingerprint density at radius 1 is 1.10 bits per heavy atom. The van der Waals surface area contributed by atoms with Crippen molar-refractivity contribution in [2.24, 2.45) is 0 Å². The molecule has 29 heavy (non-hydrogen) atoms. The minimum atomic E-state index is -0.325. The lowest BCUT2D eigenvalue weighted by Crippen LogP contribution is -2.19. The van der Waals surface area contributed by atoms with Crippen LogP contribution in [0, 0.1) is 0 Å². The number of hydrogen-bond donors (Lipinski definition) is 0. The lowest BCUT2D eigenvalue weighted by molar-refractivity contribution is -0.144. The van der Waals surface area contributed by atoms with Crippen LogP contribution >= 0.6 is 11.3 Å². The van der Waals surface area contributed by atoms with Gasteiger partial charge in [0.25, 0.3) is 5.56 Å². The highest BCUT2D eigenvalue weighted by molar-refractivity contribution is 7.17. The molecule has 0 saturated heterocycles.